The number of alkyl halides is 1. The molecular formula is C19H20F2N2O4. The minimum absolute atomic E-state index is 0.0338. The molecule has 8 heteroatoms. The first kappa shape index (κ1) is 17.9. The number of piperidine rings is 1. The normalized spacial score (nSPS) is 25.0. The lowest BCUT2D eigenvalue weighted by Crippen LogP contribution is -2.45. The maximum absolute atomic E-state index is 15.0. The van der Waals surface area contributed by atoms with Crippen LogP contribution in [0, 0.1) is 5.82 Å². The molecule has 144 valence electrons. The van der Waals surface area contributed by atoms with E-state index in [4.69, 9.17) is 0 Å². The molecule has 0 bridgehead atoms. The molecule has 2 unspecified atom stereocenters. The van der Waals surface area contributed by atoms with Crippen molar-refractivity contribution in [2.75, 3.05) is 18.0 Å². The number of rotatable bonds is 2. The van der Waals surface area contributed by atoms with E-state index in [1.165, 1.54) is 6.20 Å². The van der Waals surface area contributed by atoms with Gasteiger partial charge in [-0.1, -0.05) is 0 Å². The minimum atomic E-state index is -1.47. The maximum atomic E-state index is 15.0. The molecule has 0 spiro atoms. The number of carboxylic acid groups (broad SMARTS) is 1. The number of nitrogens with zero attached hydrogens (tertiary/aromatic N) is 2. The van der Waals surface area contributed by atoms with Crippen LogP contribution < -0.4 is 10.3 Å². The SMILES string of the molecule is CC1CCc2c(N3CCC(O)[C@@H](F)C3)c(F)cc3c(=O)c(C(=O)O)cn1c23. The van der Waals surface area contributed by atoms with Crippen LogP contribution in [0.4, 0.5) is 14.5 Å². The number of aromatic nitrogens is 1. The third-order valence-electron chi connectivity index (χ3n) is 5.68. The smallest absolute Gasteiger partial charge is 0.341 e. The Morgan fingerprint density at radius 2 is 2.07 bits per heavy atom. The van der Waals surface area contributed by atoms with Crippen molar-refractivity contribution < 1.29 is 23.8 Å². The van der Waals surface area contributed by atoms with Gasteiger partial charge < -0.3 is 19.7 Å². The van der Waals surface area contributed by atoms with Crippen molar-refractivity contribution >= 4 is 22.6 Å². The molecular weight excluding hydrogens is 358 g/mol. The highest BCUT2D eigenvalue weighted by molar-refractivity contribution is 5.95. The molecule has 3 heterocycles. The van der Waals surface area contributed by atoms with E-state index in [1.54, 1.807) is 9.47 Å². The molecule has 27 heavy (non-hydrogen) atoms. The van der Waals surface area contributed by atoms with Gasteiger partial charge in [-0.25, -0.2) is 13.6 Å². The van der Waals surface area contributed by atoms with Gasteiger partial charge in [-0.2, -0.15) is 0 Å². The average Bonchev–Trinajstić information content (AvgIpc) is 2.61. The van der Waals surface area contributed by atoms with Crippen LogP contribution in [0.1, 0.15) is 41.7 Å². The standard InChI is InChI=1S/C19H20F2N2O4/c1-9-2-3-10-16-11(18(25)12(19(26)27)7-23(9)16)6-13(20)17(10)22-5-4-15(24)14(21)8-22/h6-7,9,14-15,24H,2-5,8H2,1H3,(H,26,27)/t9?,14-,15?/m0/s1. The fraction of sp³-hybridized carbons (Fsp3) is 0.474. The Labute approximate surface area is 153 Å². The lowest BCUT2D eigenvalue weighted by atomic mass is 9.92. The van der Waals surface area contributed by atoms with Crippen LogP contribution in [0.5, 0.6) is 0 Å². The van der Waals surface area contributed by atoms with Gasteiger partial charge in [0.1, 0.15) is 17.6 Å². The van der Waals surface area contributed by atoms with Crippen LogP contribution in [0.25, 0.3) is 10.9 Å². The Balaban J connectivity index is 1.99. The Morgan fingerprint density at radius 3 is 2.74 bits per heavy atom. The third kappa shape index (κ3) is 2.70. The number of aromatic carboxylic acids is 1. The zero-order chi connectivity index (χ0) is 19.5. The van der Waals surface area contributed by atoms with Gasteiger partial charge in [-0.05, 0) is 32.3 Å². The Bertz CT molecular complexity index is 1000. The van der Waals surface area contributed by atoms with Crippen molar-refractivity contribution in [1.82, 2.24) is 4.57 Å². The van der Waals surface area contributed by atoms with Crippen molar-refractivity contribution in [1.29, 1.82) is 0 Å². The molecule has 3 atom stereocenters. The van der Waals surface area contributed by atoms with Crippen LogP contribution in [0.3, 0.4) is 0 Å². The van der Waals surface area contributed by atoms with E-state index < -0.39 is 29.5 Å². The molecule has 6 nitrogen and oxygen atoms in total. The van der Waals surface area contributed by atoms with Gasteiger partial charge >= 0.3 is 5.97 Å². The molecule has 2 aliphatic rings. The second-order valence-corrected chi connectivity index (χ2v) is 7.37. The lowest BCUT2D eigenvalue weighted by molar-refractivity contribution is 0.0613. The maximum Gasteiger partial charge on any atom is 0.341 e. The number of carbonyl (C=O) groups is 1. The van der Waals surface area contributed by atoms with Crippen molar-refractivity contribution in [3.63, 3.8) is 0 Å². The fourth-order valence-corrected chi connectivity index (χ4v) is 4.22. The number of aryl methyl sites for hydroxylation is 1. The molecule has 1 fully saturated rings. The summed E-state index contributed by atoms with van der Waals surface area (Å²) >= 11 is 0. The van der Waals surface area contributed by atoms with Gasteiger partial charge in [0, 0.05) is 29.7 Å². The second-order valence-electron chi connectivity index (χ2n) is 7.37. The number of carboxylic acids is 1. The second kappa shape index (κ2) is 6.30. The highest BCUT2D eigenvalue weighted by Gasteiger charge is 2.33. The monoisotopic (exact) mass is 378 g/mol. The summed E-state index contributed by atoms with van der Waals surface area (Å²) in [7, 11) is 0. The van der Waals surface area contributed by atoms with Gasteiger partial charge in [0.25, 0.3) is 0 Å². The van der Waals surface area contributed by atoms with E-state index in [0.717, 1.165) is 6.07 Å². The Morgan fingerprint density at radius 1 is 1.33 bits per heavy atom. The zero-order valence-electron chi connectivity index (χ0n) is 14.8. The van der Waals surface area contributed by atoms with Crippen molar-refractivity contribution in [3.8, 4) is 0 Å². The molecule has 2 aliphatic heterocycles. The average molecular weight is 378 g/mol. The first-order valence-corrected chi connectivity index (χ1v) is 9.00. The number of halogens is 2. The van der Waals surface area contributed by atoms with Gasteiger partial charge in [0.05, 0.1) is 23.9 Å². The zero-order valence-corrected chi connectivity index (χ0v) is 14.8. The van der Waals surface area contributed by atoms with Crippen molar-refractivity contribution in [2.24, 2.45) is 0 Å². The van der Waals surface area contributed by atoms with Gasteiger partial charge in [-0.3, -0.25) is 4.79 Å². The summed E-state index contributed by atoms with van der Waals surface area (Å²) < 4.78 is 30.8. The first-order chi connectivity index (χ1) is 12.8. The van der Waals surface area contributed by atoms with Gasteiger partial charge in [0.15, 0.2) is 0 Å². The lowest BCUT2D eigenvalue weighted by Gasteiger charge is -2.37. The number of hydrogen-bond acceptors (Lipinski definition) is 4. The van der Waals surface area contributed by atoms with Gasteiger partial charge in [0.2, 0.25) is 5.43 Å². The van der Waals surface area contributed by atoms with Crippen molar-refractivity contribution in [2.45, 2.75) is 44.5 Å². The summed E-state index contributed by atoms with van der Waals surface area (Å²) in [6.07, 6.45) is 0.138. The van der Waals surface area contributed by atoms with E-state index in [0.29, 0.717) is 30.5 Å². The molecule has 1 aromatic heterocycles. The molecule has 0 amide bonds. The van der Waals surface area contributed by atoms with Crippen LogP contribution in [0.2, 0.25) is 0 Å². The number of benzene rings is 1. The van der Waals surface area contributed by atoms with Crippen molar-refractivity contribution in [3.05, 3.63) is 39.4 Å². The molecule has 2 N–H and O–H groups in total. The predicted molar refractivity (Wildman–Crippen MR) is 95.9 cm³/mol. The number of pyridine rings is 1. The quantitative estimate of drug-likeness (QED) is 0.838. The fourth-order valence-electron chi connectivity index (χ4n) is 4.22. The summed E-state index contributed by atoms with van der Waals surface area (Å²) in [5, 5.41) is 19.0. The summed E-state index contributed by atoms with van der Waals surface area (Å²) in [5.74, 6) is -2.01. The van der Waals surface area contributed by atoms with E-state index >= 15 is 4.39 Å². The number of anilines is 1. The summed E-state index contributed by atoms with van der Waals surface area (Å²) in [6, 6.07) is 1.02. The number of aliphatic hydroxyl groups is 1. The molecule has 1 saturated heterocycles. The molecule has 0 aliphatic carbocycles. The van der Waals surface area contributed by atoms with Crippen LogP contribution >= 0.6 is 0 Å². The first-order valence-electron chi connectivity index (χ1n) is 9.00. The van der Waals surface area contributed by atoms with E-state index in [2.05, 4.69) is 0 Å². The predicted octanol–water partition coefficient (Wildman–Crippen LogP) is 2.26. The third-order valence-corrected chi connectivity index (χ3v) is 5.68. The minimum Gasteiger partial charge on any atom is -0.477 e. The Hall–Kier alpha value is -2.48. The molecule has 4 rings (SSSR count). The largest absolute Gasteiger partial charge is 0.477 e. The topological polar surface area (TPSA) is 82.8 Å². The van der Waals surface area contributed by atoms with E-state index in [1.807, 2.05) is 6.92 Å². The van der Waals surface area contributed by atoms with Gasteiger partial charge in [-0.15, -0.1) is 0 Å². The van der Waals surface area contributed by atoms with Crippen LogP contribution in [-0.4, -0.2) is 46.1 Å². The van der Waals surface area contributed by atoms with Crippen LogP contribution in [0.15, 0.2) is 17.1 Å². The van der Waals surface area contributed by atoms with E-state index in [-0.39, 0.29) is 35.6 Å². The summed E-state index contributed by atoms with van der Waals surface area (Å²) in [6.45, 7) is 2.10. The molecule has 0 radical (unpaired) electrons. The molecule has 1 aromatic carbocycles. The van der Waals surface area contributed by atoms with E-state index in [9.17, 15) is 24.2 Å². The summed E-state index contributed by atoms with van der Waals surface area (Å²) in [4.78, 5) is 25.6. The highest BCUT2D eigenvalue weighted by Crippen LogP contribution is 2.39. The highest BCUT2D eigenvalue weighted by atomic mass is 19.1. The molecule has 2 aromatic rings. The number of hydrogen-bond donors (Lipinski definition) is 2. The Kier molecular flexibility index (Phi) is 4.18. The van der Waals surface area contributed by atoms with Crippen LogP contribution in [-0.2, 0) is 6.42 Å². The summed E-state index contributed by atoms with van der Waals surface area (Å²) in [5.41, 5.74) is 0.258. The molecule has 0 saturated carbocycles. The number of aliphatic hydroxyl groups excluding tert-OH is 1.